The summed E-state index contributed by atoms with van der Waals surface area (Å²) in [7, 11) is 0. The van der Waals surface area contributed by atoms with Gasteiger partial charge < -0.3 is 20.4 Å². The van der Waals surface area contributed by atoms with Crippen LogP contribution in [0.5, 0.6) is 0 Å². The van der Waals surface area contributed by atoms with Crippen molar-refractivity contribution < 1.29 is 9.13 Å². The monoisotopic (exact) mass is 476 g/mol. The quantitative estimate of drug-likeness (QED) is 0.224. The van der Waals surface area contributed by atoms with E-state index in [1.807, 2.05) is 19.2 Å². The number of fused-ring (bicyclic) bond motifs is 1. The zero-order valence-corrected chi connectivity index (χ0v) is 18.1. The van der Waals surface area contributed by atoms with E-state index in [1.165, 1.54) is 17.7 Å². The molecule has 0 aliphatic heterocycles. The summed E-state index contributed by atoms with van der Waals surface area (Å²) in [5, 5.41) is 7.63. The second kappa shape index (κ2) is 12.1. The van der Waals surface area contributed by atoms with E-state index in [-0.39, 0.29) is 29.8 Å². The zero-order chi connectivity index (χ0) is 18.1. The Morgan fingerprint density at radius 2 is 2.12 bits per heavy atom. The van der Waals surface area contributed by atoms with Gasteiger partial charge in [0.2, 0.25) is 0 Å². The Labute approximate surface area is 172 Å². The van der Waals surface area contributed by atoms with Crippen molar-refractivity contribution in [3.8, 4) is 0 Å². The molecule has 2 rings (SSSR count). The molecule has 0 spiro atoms. The molecule has 0 radical (unpaired) electrons. The number of hydrogen-bond donors (Lipinski definition) is 3. The third kappa shape index (κ3) is 7.49. The van der Waals surface area contributed by atoms with Crippen LogP contribution in [0.15, 0.2) is 29.4 Å². The molecule has 5 nitrogen and oxygen atoms in total. The van der Waals surface area contributed by atoms with Crippen molar-refractivity contribution in [3.63, 3.8) is 0 Å². The van der Waals surface area contributed by atoms with Crippen LogP contribution in [0.2, 0.25) is 0 Å². The minimum atomic E-state index is -0.222. The summed E-state index contributed by atoms with van der Waals surface area (Å²) < 4.78 is 18.8. The average Bonchev–Trinajstić information content (AvgIpc) is 2.96. The zero-order valence-electron chi connectivity index (χ0n) is 15.8. The molecule has 2 aromatic rings. The normalized spacial score (nSPS) is 11.7. The van der Waals surface area contributed by atoms with E-state index >= 15 is 0 Å². The summed E-state index contributed by atoms with van der Waals surface area (Å²) in [4.78, 5) is 7.63. The van der Waals surface area contributed by atoms with Crippen molar-refractivity contribution >= 4 is 40.8 Å². The molecule has 0 aliphatic rings. The summed E-state index contributed by atoms with van der Waals surface area (Å²) in [6, 6.07) is 4.84. The molecule has 1 heterocycles. The van der Waals surface area contributed by atoms with Gasteiger partial charge in [0.1, 0.15) is 5.82 Å². The maximum absolute atomic E-state index is 13.2. The first kappa shape index (κ1) is 22.7. The SMILES string of the molecule is CCNC(=NCCOCC(C)C)NCCc1c[nH]c2cc(F)ccc12.I. The minimum Gasteiger partial charge on any atom is -0.379 e. The van der Waals surface area contributed by atoms with Gasteiger partial charge in [0.05, 0.1) is 13.2 Å². The lowest BCUT2D eigenvalue weighted by atomic mass is 10.1. The van der Waals surface area contributed by atoms with E-state index in [4.69, 9.17) is 4.74 Å². The van der Waals surface area contributed by atoms with Gasteiger partial charge in [-0.05, 0) is 43.0 Å². The fraction of sp³-hybridized carbons (Fsp3) is 0.526. The molecule has 0 fully saturated rings. The van der Waals surface area contributed by atoms with Crippen molar-refractivity contribution in [2.24, 2.45) is 10.9 Å². The van der Waals surface area contributed by atoms with Crippen molar-refractivity contribution in [2.75, 3.05) is 32.8 Å². The molecule has 0 unspecified atom stereocenters. The molecular weight excluding hydrogens is 446 g/mol. The van der Waals surface area contributed by atoms with Crippen LogP contribution in [0.3, 0.4) is 0 Å². The topological polar surface area (TPSA) is 61.4 Å². The van der Waals surface area contributed by atoms with Gasteiger partial charge in [-0.15, -0.1) is 24.0 Å². The number of aliphatic imine (C=N–C) groups is 1. The number of halogens is 2. The van der Waals surface area contributed by atoms with Crippen LogP contribution in [-0.2, 0) is 11.2 Å². The molecule has 0 saturated carbocycles. The Morgan fingerprint density at radius 3 is 2.85 bits per heavy atom. The first-order valence-electron chi connectivity index (χ1n) is 8.95. The molecule has 0 saturated heterocycles. The van der Waals surface area contributed by atoms with Gasteiger partial charge in [-0.1, -0.05) is 13.8 Å². The Morgan fingerprint density at radius 1 is 1.31 bits per heavy atom. The lowest BCUT2D eigenvalue weighted by Gasteiger charge is -2.11. The van der Waals surface area contributed by atoms with Crippen LogP contribution < -0.4 is 10.6 Å². The Kier molecular flexibility index (Phi) is 10.6. The molecule has 1 aromatic carbocycles. The van der Waals surface area contributed by atoms with E-state index in [0.29, 0.717) is 19.1 Å². The summed E-state index contributed by atoms with van der Waals surface area (Å²) in [5.74, 6) is 1.11. The lowest BCUT2D eigenvalue weighted by Crippen LogP contribution is -2.38. The molecule has 26 heavy (non-hydrogen) atoms. The second-order valence-corrected chi connectivity index (χ2v) is 6.41. The molecule has 0 bridgehead atoms. The number of H-pyrrole nitrogens is 1. The van der Waals surface area contributed by atoms with Crippen molar-refractivity contribution in [1.29, 1.82) is 0 Å². The third-order valence-electron chi connectivity index (χ3n) is 3.72. The molecule has 0 aliphatic carbocycles. The summed E-state index contributed by atoms with van der Waals surface area (Å²) in [5.41, 5.74) is 2.00. The largest absolute Gasteiger partial charge is 0.379 e. The van der Waals surface area contributed by atoms with E-state index in [0.717, 1.165) is 43.0 Å². The number of ether oxygens (including phenoxy) is 1. The maximum Gasteiger partial charge on any atom is 0.191 e. The highest BCUT2D eigenvalue weighted by Crippen LogP contribution is 2.19. The smallest absolute Gasteiger partial charge is 0.191 e. The fourth-order valence-corrected chi connectivity index (χ4v) is 2.56. The van der Waals surface area contributed by atoms with Gasteiger partial charge in [-0.2, -0.15) is 0 Å². The lowest BCUT2D eigenvalue weighted by molar-refractivity contribution is 0.117. The highest BCUT2D eigenvalue weighted by Gasteiger charge is 2.05. The number of rotatable bonds is 9. The predicted molar refractivity (Wildman–Crippen MR) is 117 cm³/mol. The van der Waals surface area contributed by atoms with Gasteiger partial charge in [-0.3, -0.25) is 4.99 Å². The summed E-state index contributed by atoms with van der Waals surface area (Å²) in [6.45, 7) is 9.90. The second-order valence-electron chi connectivity index (χ2n) is 6.41. The Bertz CT molecular complexity index is 687. The fourth-order valence-electron chi connectivity index (χ4n) is 2.56. The first-order chi connectivity index (χ1) is 12.1. The Hall–Kier alpha value is -1.35. The van der Waals surface area contributed by atoms with E-state index in [2.05, 4.69) is 34.5 Å². The molecule has 146 valence electrons. The standard InChI is InChI=1S/C19H29FN4O.HI/c1-4-21-19(23-9-10-25-13-14(2)3)22-8-7-15-12-24-18-11-16(20)5-6-17(15)18;/h5-6,11-12,14,24H,4,7-10,13H2,1-3H3,(H2,21,22,23);1H. The molecular formula is C19H30FIN4O. The van der Waals surface area contributed by atoms with Gasteiger partial charge in [0.25, 0.3) is 0 Å². The van der Waals surface area contributed by atoms with Crippen LogP contribution in [0.4, 0.5) is 4.39 Å². The highest BCUT2D eigenvalue weighted by molar-refractivity contribution is 14.0. The number of hydrogen-bond acceptors (Lipinski definition) is 2. The number of aromatic nitrogens is 1. The number of benzene rings is 1. The molecule has 7 heteroatoms. The van der Waals surface area contributed by atoms with E-state index in [9.17, 15) is 4.39 Å². The van der Waals surface area contributed by atoms with Crippen LogP contribution in [0.1, 0.15) is 26.3 Å². The van der Waals surface area contributed by atoms with Gasteiger partial charge >= 0.3 is 0 Å². The third-order valence-corrected chi connectivity index (χ3v) is 3.72. The van der Waals surface area contributed by atoms with Crippen molar-refractivity contribution in [2.45, 2.75) is 27.2 Å². The van der Waals surface area contributed by atoms with Gasteiger partial charge in [0.15, 0.2) is 5.96 Å². The molecule has 1 aromatic heterocycles. The van der Waals surface area contributed by atoms with E-state index < -0.39 is 0 Å². The van der Waals surface area contributed by atoms with Gasteiger partial charge in [0, 0.05) is 36.8 Å². The highest BCUT2D eigenvalue weighted by atomic mass is 127. The maximum atomic E-state index is 13.2. The van der Waals surface area contributed by atoms with Crippen LogP contribution in [-0.4, -0.2) is 43.8 Å². The van der Waals surface area contributed by atoms with Crippen LogP contribution in [0.25, 0.3) is 10.9 Å². The number of nitrogens with one attached hydrogen (secondary N) is 3. The first-order valence-corrected chi connectivity index (χ1v) is 8.95. The van der Waals surface area contributed by atoms with Gasteiger partial charge in [-0.25, -0.2) is 4.39 Å². The van der Waals surface area contributed by atoms with Crippen LogP contribution in [0, 0.1) is 11.7 Å². The predicted octanol–water partition coefficient (Wildman–Crippen LogP) is 3.70. The molecule has 0 atom stereocenters. The molecule has 3 N–H and O–H groups in total. The average molecular weight is 476 g/mol. The number of guanidine groups is 1. The number of aromatic amines is 1. The van der Waals surface area contributed by atoms with Crippen LogP contribution >= 0.6 is 24.0 Å². The molecule has 0 amide bonds. The van der Waals surface area contributed by atoms with E-state index in [1.54, 1.807) is 0 Å². The minimum absolute atomic E-state index is 0. The van der Waals surface area contributed by atoms with Crippen molar-refractivity contribution in [3.05, 3.63) is 35.8 Å². The number of nitrogens with zero attached hydrogens (tertiary/aromatic N) is 1. The summed E-state index contributed by atoms with van der Waals surface area (Å²) in [6.07, 6.45) is 2.77. The summed E-state index contributed by atoms with van der Waals surface area (Å²) >= 11 is 0. The Balaban J connectivity index is 0.00000338. The van der Waals surface area contributed by atoms with Crippen molar-refractivity contribution in [1.82, 2.24) is 15.6 Å².